The van der Waals surface area contributed by atoms with Gasteiger partial charge in [0.2, 0.25) is 5.95 Å². The molecule has 6 heterocycles. The number of H-pyrrole nitrogens is 1. The van der Waals surface area contributed by atoms with Crippen LogP contribution in [0.3, 0.4) is 0 Å². The molecule has 6 rings (SSSR count). The third kappa shape index (κ3) is 6.08. The lowest BCUT2D eigenvalue weighted by atomic mass is 10.1. The molecule has 18 nitrogen and oxygen atoms in total. The summed E-state index contributed by atoms with van der Waals surface area (Å²) in [6, 6.07) is 0. The minimum absolute atomic E-state index is 0.0732. The van der Waals surface area contributed by atoms with Crippen molar-refractivity contribution >= 4 is 71.7 Å². The van der Waals surface area contributed by atoms with E-state index in [1.165, 1.54) is 0 Å². The Morgan fingerprint density at radius 1 is 1.16 bits per heavy atom. The smallest absolute Gasteiger partial charge is 0.382 e. The minimum Gasteiger partial charge on any atom is -0.382 e. The largest absolute Gasteiger partial charge is 0.387 e. The molecule has 6 atom stereocenters. The number of anilines is 2. The van der Waals surface area contributed by atoms with Gasteiger partial charge in [0, 0.05) is 0 Å². The van der Waals surface area contributed by atoms with Crippen molar-refractivity contribution in [2.24, 2.45) is 0 Å². The fourth-order valence-corrected chi connectivity index (χ4v) is 7.02. The van der Waals surface area contributed by atoms with Crippen LogP contribution in [0.1, 0.15) is 12.1 Å². The first-order valence-corrected chi connectivity index (χ1v) is 17.5. The Morgan fingerprint density at radius 2 is 1.93 bits per heavy atom. The van der Waals surface area contributed by atoms with Crippen LogP contribution < -0.4 is 17.0 Å². The second-order valence-corrected chi connectivity index (χ2v) is 15.2. The fraction of sp³-hybridized carbons (Fsp3) is 0.474. The van der Waals surface area contributed by atoms with E-state index in [2.05, 4.69) is 42.2 Å². The zero-order valence-corrected chi connectivity index (χ0v) is 25.3. The van der Waals surface area contributed by atoms with Crippen molar-refractivity contribution in [1.82, 2.24) is 39.0 Å². The van der Waals surface area contributed by atoms with Crippen molar-refractivity contribution in [3.8, 4) is 0 Å². The summed E-state index contributed by atoms with van der Waals surface area (Å²) >= 11 is 8.80. The molecule has 0 aliphatic carbocycles. The number of nitrogen functional groups attached to an aromatic ring is 2. The van der Waals surface area contributed by atoms with E-state index in [9.17, 15) is 14.3 Å². The molecule has 44 heavy (non-hydrogen) atoms. The van der Waals surface area contributed by atoms with Gasteiger partial charge in [-0.05, 0) is 11.8 Å². The van der Waals surface area contributed by atoms with E-state index in [0.717, 1.165) is 21.8 Å². The quantitative estimate of drug-likeness (QED) is 0.138. The highest BCUT2D eigenvalue weighted by Gasteiger charge is 2.51. The SMILES string of the molecule is Nc1nc2c(ncn2[C@@H]2O[C@@H]3COP(O)(=S)OCC(F)(F)Cn4c(nc5c(N)ncnc54)COP(=O)(S)O[C@@H]2[C@@H]3F)c(=O)[nH]1. The monoisotopic (exact) mass is 700 g/mol. The third-order valence-electron chi connectivity index (χ3n) is 6.47. The number of aromatic amines is 1. The molecule has 0 spiro atoms. The van der Waals surface area contributed by atoms with Gasteiger partial charge in [0.15, 0.2) is 40.5 Å². The van der Waals surface area contributed by atoms with Crippen molar-refractivity contribution in [3.05, 3.63) is 28.8 Å². The highest BCUT2D eigenvalue weighted by Crippen LogP contribution is 2.58. The van der Waals surface area contributed by atoms with Gasteiger partial charge in [-0.3, -0.25) is 23.4 Å². The number of alkyl halides is 3. The highest BCUT2D eigenvalue weighted by molar-refractivity contribution is 8.44. The van der Waals surface area contributed by atoms with Crippen LogP contribution in [-0.4, -0.2) is 81.4 Å². The van der Waals surface area contributed by atoms with E-state index in [4.69, 9.17) is 46.1 Å². The molecule has 2 unspecified atom stereocenters. The van der Waals surface area contributed by atoms with Crippen LogP contribution in [0.25, 0.3) is 22.3 Å². The lowest BCUT2D eigenvalue weighted by Gasteiger charge is -2.25. The molecule has 238 valence electrons. The number of halogens is 3. The number of aromatic nitrogens is 8. The van der Waals surface area contributed by atoms with E-state index in [-0.39, 0.29) is 39.9 Å². The number of nitrogens with two attached hydrogens (primary N) is 2. The normalized spacial score (nSPS) is 31.8. The van der Waals surface area contributed by atoms with Gasteiger partial charge in [-0.25, -0.2) is 37.7 Å². The lowest BCUT2D eigenvalue weighted by molar-refractivity contribution is -0.0643. The van der Waals surface area contributed by atoms with Gasteiger partial charge in [0.05, 0.1) is 19.5 Å². The van der Waals surface area contributed by atoms with Crippen molar-refractivity contribution in [1.29, 1.82) is 0 Å². The van der Waals surface area contributed by atoms with Crippen molar-refractivity contribution < 1.29 is 45.5 Å². The van der Waals surface area contributed by atoms with Crippen molar-refractivity contribution in [2.75, 3.05) is 24.7 Å². The van der Waals surface area contributed by atoms with Gasteiger partial charge in [-0.1, -0.05) is 12.2 Å². The number of rotatable bonds is 1. The van der Waals surface area contributed by atoms with E-state index < -0.39 is 76.0 Å². The summed E-state index contributed by atoms with van der Waals surface area (Å²) in [4.78, 5) is 44.8. The Balaban J connectivity index is 1.40. The van der Waals surface area contributed by atoms with Gasteiger partial charge in [-0.15, -0.1) is 0 Å². The molecule has 1 saturated heterocycles. The summed E-state index contributed by atoms with van der Waals surface area (Å²) in [5, 5.41) is 0. The number of ether oxygens (including phenoxy) is 1. The van der Waals surface area contributed by atoms with E-state index >= 15 is 13.2 Å². The maximum Gasteiger partial charge on any atom is 0.387 e. The van der Waals surface area contributed by atoms with Gasteiger partial charge in [0.1, 0.15) is 37.6 Å². The summed E-state index contributed by atoms with van der Waals surface area (Å²) in [5.41, 5.74) is 10.2. The Labute approximate surface area is 253 Å². The molecule has 2 bridgehead atoms. The van der Waals surface area contributed by atoms with Crippen LogP contribution in [0.4, 0.5) is 24.9 Å². The summed E-state index contributed by atoms with van der Waals surface area (Å²) in [5.74, 6) is -4.42. The zero-order chi connectivity index (χ0) is 31.6. The van der Waals surface area contributed by atoms with Crippen LogP contribution in [0.2, 0.25) is 0 Å². The second-order valence-electron chi connectivity index (χ2n) is 9.54. The van der Waals surface area contributed by atoms with Gasteiger partial charge < -0.3 is 34.7 Å². The molecular weight excluding hydrogens is 679 g/mol. The van der Waals surface area contributed by atoms with Crippen LogP contribution in [0.15, 0.2) is 17.4 Å². The van der Waals surface area contributed by atoms with E-state index in [1.54, 1.807) is 0 Å². The first-order valence-electron chi connectivity index (χ1n) is 12.3. The number of thiol groups is 1. The molecule has 4 aromatic rings. The van der Waals surface area contributed by atoms with Crippen LogP contribution in [-0.2, 0) is 52.4 Å². The van der Waals surface area contributed by atoms with Crippen molar-refractivity contribution in [3.63, 3.8) is 0 Å². The Bertz CT molecular complexity index is 1910. The summed E-state index contributed by atoms with van der Waals surface area (Å²) in [6.45, 7) is -13.1. The van der Waals surface area contributed by atoms with E-state index in [1.807, 2.05) is 0 Å². The maximum absolute atomic E-state index is 15.9. The molecule has 2 aliphatic heterocycles. The average Bonchev–Trinajstić information content (AvgIpc) is 3.60. The van der Waals surface area contributed by atoms with Crippen LogP contribution in [0, 0.1) is 0 Å². The number of hydrogen-bond acceptors (Lipinski definition) is 15. The minimum atomic E-state index is -4.56. The van der Waals surface area contributed by atoms with Crippen LogP contribution in [0.5, 0.6) is 0 Å². The lowest BCUT2D eigenvalue weighted by Crippen LogP contribution is -2.33. The van der Waals surface area contributed by atoms with Gasteiger partial charge in [-0.2, -0.15) is 4.98 Å². The molecule has 0 amide bonds. The maximum atomic E-state index is 15.9. The zero-order valence-electron chi connectivity index (χ0n) is 21.8. The Morgan fingerprint density at radius 3 is 2.70 bits per heavy atom. The summed E-state index contributed by atoms with van der Waals surface area (Å²) in [6.07, 6.45) is -5.04. The second kappa shape index (κ2) is 11.3. The molecule has 4 aromatic heterocycles. The predicted octanol–water partition coefficient (Wildman–Crippen LogP) is 1.20. The number of hydrogen-bond donors (Lipinski definition) is 5. The molecule has 0 aromatic carbocycles. The Hall–Kier alpha value is -2.72. The molecule has 1 fully saturated rings. The van der Waals surface area contributed by atoms with Gasteiger partial charge >= 0.3 is 13.5 Å². The van der Waals surface area contributed by atoms with Crippen LogP contribution >= 0.6 is 25.8 Å². The summed E-state index contributed by atoms with van der Waals surface area (Å²) < 4.78 is 88.1. The predicted molar refractivity (Wildman–Crippen MR) is 151 cm³/mol. The fourth-order valence-electron chi connectivity index (χ4n) is 4.55. The highest BCUT2D eigenvalue weighted by atomic mass is 32.7. The molecule has 25 heteroatoms. The standard InChI is InChI=1S/C19H21F3N10O8P2S2/c20-9-7-1-36-41(34,43)38-4-19(21,22)3-31-8(28-10-13(23)25-5-26-14(10)31)2-37-42(35,44)40-12(9)17(39-7)32-6-27-11-15(32)29-18(24)30-16(11)33/h5-7,9,12,17H,1-4H2,(H,34,43)(H,35,44)(H2,23,25,26)(H3,24,29,30,33)/t7-,9-,12-,17-,41?,42?/m1/s1. The Kier molecular flexibility index (Phi) is 8.01. The molecule has 0 radical (unpaired) electrons. The molecule has 2 aliphatic rings. The topological polar surface area (TPSA) is 243 Å². The average molecular weight is 701 g/mol. The third-order valence-corrected chi connectivity index (χ3v) is 9.63. The number of imidazole rings is 2. The number of nitrogens with zero attached hydrogens (tertiary/aromatic N) is 7. The molecule has 6 N–H and O–H groups in total. The molecule has 0 saturated carbocycles. The number of nitrogens with one attached hydrogen (secondary N) is 1. The first kappa shape index (κ1) is 31.3. The number of fused-ring (bicyclic) bond motifs is 6. The van der Waals surface area contributed by atoms with Crippen molar-refractivity contribution in [2.45, 2.75) is 43.7 Å². The summed E-state index contributed by atoms with van der Waals surface area (Å²) in [7, 11) is 0. The molecular formula is C19H21F3N10O8P2S2. The van der Waals surface area contributed by atoms with E-state index in [0.29, 0.717) is 0 Å². The first-order chi connectivity index (χ1) is 20.6. The van der Waals surface area contributed by atoms with Gasteiger partial charge in [0.25, 0.3) is 11.5 Å².